The first kappa shape index (κ1) is 12.8. The molecule has 1 atom stereocenters. The molecule has 0 fully saturated rings. The highest BCUT2D eigenvalue weighted by molar-refractivity contribution is 5.17. The Hall–Kier alpha value is -1.68. The van der Waals surface area contributed by atoms with Crippen LogP contribution in [-0.2, 0) is 13.0 Å². The van der Waals surface area contributed by atoms with E-state index in [2.05, 4.69) is 33.8 Å². The third kappa shape index (κ3) is 2.76. The molecule has 0 aliphatic heterocycles. The number of benzene rings is 1. The number of nitrogens with two attached hydrogens (primary N) is 1. The molecule has 0 saturated heterocycles. The quantitative estimate of drug-likeness (QED) is 0.877. The molecule has 96 valence electrons. The fraction of sp³-hybridized carbons (Fsp3) is 0.429. The maximum absolute atomic E-state index is 6.25. The fourth-order valence-electron chi connectivity index (χ4n) is 2.13. The van der Waals surface area contributed by atoms with Crippen LogP contribution in [0.2, 0.25) is 0 Å². The maximum atomic E-state index is 6.25. The van der Waals surface area contributed by atoms with Gasteiger partial charge in [-0.1, -0.05) is 37.3 Å². The summed E-state index contributed by atoms with van der Waals surface area (Å²) < 4.78 is 2.12. The fourth-order valence-corrected chi connectivity index (χ4v) is 2.13. The Balaban J connectivity index is 2.16. The monoisotopic (exact) mass is 244 g/mol. The molecule has 4 heteroatoms. The van der Waals surface area contributed by atoms with E-state index in [1.807, 2.05) is 25.1 Å². The highest BCUT2D eigenvalue weighted by Gasteiger charge is 2.16. The molecule has 0 aliphatic rings. The summed E-state index contributed by atoms with van der Waals surface area (Å²) in [6, 6.07) is 10.2. The molecule has 4 nitrogen and oxygen atoms in total. The van der Waals surface area contributed by atoms with Gasteiger partial charge < -0.3 is 10.3 Å². The Kier molecular flexibility index (Phi) is 4.10. The van der Waals surface area contributed by atoms with E-state index in [1.54, 1.807) is 0 Å². The van der Waals surface area contributed by atoms with E-state index in [1.165, 1.54) is 5.56 Å². The van der Waals surface area contributed by atoms with Gasteiger partial charge in [-0.25, -0.2) is 0 Å². The van der Waals surface area contributed by atoms with Crippen molar-refractivity contribution in [2.45, 2.75) is 39.3 Å². The van der Waals surface area contributed by atoms with Gasteiger partial charge in [-0.2, -0.15) is 0 Å². The molecule has 2 N–H and O–H groups in total. The second kappa shape index (κ2) is 5.78. The molecule has 1 aromatic carbocycles. The van der Waals surface area contributed by atoms with Gasteiger partial charge in [0.2, 0.25) is 0 Å². The van der Waals surface area contributed by atoms with Crippen LogP contribution < -0.4 is 5.73 Å². The van der Waals surface area contributed by atoms with Crippen molar-refractivity contribution in [1.29, 1.82) is 0 Å². The molecule has 0 amide bonds. The van der Waals surface area contributed by atoms with Crippen molar-refractivity contribution in [3.05, 3.63) is 47.5 Å². The number of hydrogen-bond donors (Lipinski definition) is 1. The van der Waals surface area contributed by atoms with Crippen molar-refractivity contribution >= 4 is 0 Å². The summed E-state index contributed by atoms with van der Waals surface area (Å²) in [5.74, 6) is 1.83. The molecule has 0 saturated carbocycles. The SMILES string of the molecule is CCCn1c(C)nnc1[C@H](N)Cc1ccccc1. The zero-order chi connectivity index (χ0) is 13.0. The van der Waals surface area contributed by atoms with Crippen molar-refractivity contribution in [2.24, 2.45) is 5.73 Å². The second-order valence-electron chi connectivity index (χ2n) is 4.55. The first-order chi connectivity index (χ1) is 8.72. The van der Waals surface area contributed by atoms with Crippen LogP contribution >= 0.6 is 0 Å². The lowest BCUT2D eigenvalue weighted by Gasteiger charge is -2.13. The molecule has 0 spiro atoms. The number of nitrogens with zero attached hydrogens (tertiary/aromatic N) is 3. The summed E-state index contributed by atoms with van der Waals surface area (Å²) in [6.45, 7) is 5.05. The predicted molar refractivity (Wildman–Crippen MR) is 72.1 cm³/mol. The Morgan fingerprint density at radius 3 is 2.61 bits per heavy atom. The average Bonchev–Trinajstić information content (AvgIpc) is 2.73. The molecule has 1 heterocycles. The van der Waals surface area contributed by atoms with Gasteiger partial charge in [-0.15, -0.1) is 10.2 Å². The Morgan fingerprint density at radius 2 is 1.94 bits per heavy atom. The lowest BCUT2D eigenvalue weighted by Crippen LogP contribution is -2.19. The molecular formula is C14H20N4. The highest BCUT2D eigenvalue weighted by atomic mass is 15.3. The van der Waals surface area contributed by atoms with E-state index in [0.717, 1.165) is 31.0 Å². The van der Waals surface area contributed by atoms with Crippen LogP contribution in [0, 0.1) is 6.92 Å². The predicted octanol–water partition coefficient (Wildman–Crippen LogP) is 2.24. The Labute approximate surface area is 108 Å². The first-order valence-corrected chi connectivity index (χ1v) is 6.41. The topological polar surface area (TPSA) is 56.7 Å². The van der Waals surface area contributed by atoms with Gasteiger partial charge in [0.25, 0.3) is 0 Å². The smallest absolute Gasteiger partial charge is 0.150 e. The molecule has 0 bridgehead atoms. The number of hydrogen-bond acceptors (Lipinski definition) is 3. The summed E-state index contributed by atoms with van der Waals surface area (Å²) in [4.78, 5) is 0. The highest BCUT2D eigenvalue weighted by Crippen LogP contribution is 2.15. The molecule has 18 heavy (non-hydrogen) atoms. The molecule has 2 rings (SSSR count). The van der Waals surface area contributed by atoms with Crippen LogP contribution in [0.15, 0.2) is 30.3 Å². The molecule has 0 radical (unpaired) electrons. The van der Waals surface area contributed by atoms with E-state index >= 15 is 0 Å². The lowest BCUT2D eigenvalue weighted by atomic mass is 10.1. The van der Waals surface area contributed by atoms with E-state index in [0.29, 0.717) is 0 Å². The van der Waals surface area contributed by atoms with Crippen molar-refractivity contribution < 1.29 is 0 Å². The van der Waals surface area contributed by atoms with Gasteiger partial charge in [-0.3, -0.25) is 0 Å². The van der Waals surface area contributed by atoms with E-state index in [-0.39, 0.29) is 6.04 Å². The molecule has 0 aliphatic carbocycles. The molecule has 2 aromatic rings. The summed E-state index contributed by atoms with van der Waals surface area (Å²) in [5.41, 5.74) is 7.48. The Bertz CT molecular complexity index is 490. The average molecular weight is 244 g/mol. The summed E-state index contributed by atoms with van der Waals surface area (Å²) in [7, 11) is 0. The summed E-state index contributed by atoms with van der Waals surface area (Å²) in [5, 5.41) is 8.35. The van der Waals surface area contributed by atoms with Crippen LogP contribution in [0.3, 0.4) is 0 Å². The van der Waals surface area contributed by atoms with Crippen LogP contribution in [0.1, 0.15) is 36.6 Å². The minimum atomic E-state index is -0.0971. The van der Waals surface area contributed by atoms with E-state index < -0.39 is 0 Å². The lowest BCUT2D eigenvalue weighted by molar-refractivity contribution is 0.566. The van der Waals surface area contributed by atoms with Crippen molar-refractivity contribution in [3.63, 3.8) is 0 Å². The zero-order valence-corrected chi connectivity index (χ0v) is 11.0. The third-order valence-corrected chi connectivity index (χ3v) is 3.04. The van der Waals surface area contributed by atoms with Crippen LogP contribution in [0.5, 0.6) is 0 Å². The second-order valence-corrected chi connectivity index (χ2v) is 4.55. The largest absolute Gasteiger partial charge is 0.321 e. The minimum absolute atomic E-state index is 0.0971. The molecular weight excluding hydrogens is 224 g/mol. The number of aryl methyl sites for hydroxylation is 1. The van der Waals surface area contributed by atoms with Crippen molar-refractivity contribution in [1.82, 2.24) is 14.8 Å². The normalized spacial score (nSPS) is 12.6. The standard InChI is InChI=1S/C14H20N4/c1-3-9-18-11(2)16-17-14(18)13(15)10-12-7-5-4-6-8-12/h4-8,13H,3,9-10,15H2,1-2H3/t13-/m1/s1. The summed E-state index contributed by atoms with van der Waals surface area (Å²) >= 11 is 0. The van der Waals surface area contributed by atoms with Gasteiger partial charge in [0.05, 0.1) is 6.04 Å². The van der Waals surface area contributed by atoms with Crippen LogP contribution in [0.25, 0.3) is 0 Å². The van der Waals surface area contributed by atoms with Gasteiger partial charge in [0.15, 0.2) is 0 Å². The maximum Gasteiger partial charge on any atom is 0.150 e. The van der Waals surface area contributed by atoms with Gasteiger partial charge in [-0.05, 0) is 25.3 Å². The number of aromatic nitrogens is 3. The van der Waals surface area contributed by atoms with Gasteiger partial charge in [0, 0.05) is 6.54 Å². The van der Waals surface area contributed by atoms with Crippen molar-refractivity contribution in [2.75, 3.05) is 0 Å². The zero-order valence-electron chi connectivity index (χ0n) is 11.0. The Morgan fingerprint density at radius 1 is 1.22 bits per heavy atom. The van der Waals surface area contributed by atoms with Gasteiger partial charge in [0.1, 0.15) is 11.6 Å². The molecule has 1 aromatic heterocycles. The minimum Gasteiger partial charge on any atom is -0.321 e. The third-order valence-electron chi connectivity index (χ3n) is 3.04. The van der Waals surface area contributed by atoms with Gasteiger partial charge >= 0.3 is 0 Å². The van der Waals surface area contributed by atoms with E-state index in [4.69, 9.17) is 5.73 Å². The van der Waals surface area contributed by atoms with Crippen LogP contribution in [0.4, 0.5) is 0 Å². The van der Waals surface area contributed by atoms with Crippen molar-refractivity contribution in [3.8, 4) is 0 Å². The first-order valence-electron chi connectivity index (χ1n) is 6.41. The van der Waals surface area contributed by atoms with Crippen LogP contribution in [-0.4, -0.2) is 14.8 Å². The molecule has 0 unspecified atom stereocenters. The number of rotatable bonds is 5. The van der Waals surface area contributed by atoms with E-state index in [9.17, 15) is 0 Å². The summed E-state index contributed by atoms with van der Waals surface area (Å²) in [6.07, 6.45) is 1.85.